The van der Waals surface area contributed by atoms with Crippen LogP contribution in [0.15, 0.2) is 24.3 Å². The van der Waals surface area contributed by atoms with Crippen LogP contribution < -0.4 is 0 Å². The molecular formula is C13H14O3. The van der Waals surface area contributed by atoms with Gasteiger partial charge >= 0.3 is 5.97 Å². The second-order valence-corrected chi connectivity index (χ2v) is 3.86. The summed E-state index contributed by atoms with van der Waals surface area (Å²) in [5.41, 5.74) is 1.71. The van der Waals surface area contributed by atoms with Crippen molar-refractivity contribution in [1.82, 2.24) is 0 Å². The molecule has 0 fully saturated rings. The Labute approximate surface area is 94.4 Å². The standard InChI is InChI=1S/C13H14O3/c1-2-16-13(15)11-8-7-9-5-3-4-6-10(9)12(11)14/h3-6,11H,2,7-8H2,1H3. The quantitative estimate of drug-likeness (QED) is 0.563. The van der Waals surface area contributed by atoms with E-state index in [1.807, 2.05) is 18.2 Å². The second kappa shape index (κ2) is 4.47. The van der Waals surface area contributed by atoms with Crippen molar-refractivity contribution in [2.24, 2.45) is 5.92 Å². The van der Waals surface area contributed by atoms with E-state index in [-0.39, 0.29) is 11.8 Å². The molecule has 84 valence electrons. The number of benzene rings is 1. The number of esters is 1. The molecule has 1 aromatic carbocycles. The van der Waals surface area contributed by atoms with Crippen LogP contribution in [0, 0.1) is 5.92 Å². The van der Waals surface area contributed by atoms with Crippen molar-refractivity contribution >= 4 is 11.8 Å². The lowest BCUT2D eigenvalue weighted by atomic mass is 9.83. The van der Waals surface area contributed by atoms with E-state index in [2.05, 4.69) is 0 Å². The van der Waals surface area contributed by atoms with E-state index in [0.29, 0.717) is 18.6 Å². The molecule has 0 radical (unpaired) electrons. The molecular weight excluding hydrogens is 204 g/mol. The van der Waals surface area contributed by atoms with Crippen molar-refractivity contribution in [2.45, 2.75) is 19.8 Å². The average Bonchev–Trinajstić information content (AvgIpc) is 2.30. The van der Waals surface area contributed by atoms with Gasteiger partial charge in [0.1, 0.15) is 5.92 Å². The molecule has 1 aromatic rings. The van der Waals surface area contributed by atoms with Crippen LogP contribution in [0.2, 0.25) is 0 Å². The number of ether oxygens (including phenoxy) is 1. The summed E-state index contributed by atoms with van der Waals surface area (Å²) in [4.78, 5) is 23.6. The molecule has 0 saturated carbocycles. The highest BCUT2D eigenvalue weighted by molar-refractivity contribution is 6.10. The largest absolute Gasteiger partial charge is 0.465 e. The minimum Gasteiger partial charge on any atom is -0.465 e. The molecule has 0 aliphatic heterocycles. The number of hydrogen-bond acceptors (Lipinski definition) is 3. The van der Waals surface area contributed by atoms with Crippen molar-refractivity contribution in [3.63, 3.8) is 0 Å². The third kappa shape index (κ3) is 1.85. The molecule has 0 heterocycles. The van der Waals surface area contributed by atoms with Crippen LogP contribution in [0.1, 0.15) is 29.3 Å². The Bertz CT molecular complexity index is 423. The summed E-state index contributed by atoms with van der Waals surface area (Å²) in [6.45, 7) is 2.07. The Balaban J connectivity index is 2.24. The van der Waals surface area contributed by atoms with E-state index in [0.717, 1.165) is 12.0 Å². The first-order valence-electron chi connectivity index (χ1n) is 5.52. The van der Waals surface area contributed by atoms with Crippen LogP contribution in [0.25, 0.3) is 0 Å². The maximum absolute atomic E-state index is 12.0. The molecule has 3 heteroatoms. The van der Waals surface area contributed by atoms with E-state index in [1.54, 1.807) is 13.0 Å². The van der Waals surface area contributed by atoms with Crippen molar-refractivity contribution < 1.29 is 14.3 Å². The van der Waals surface area contributed by atoms with E-state index >= 15 is 0 Å². The van der Waals surface area contributed by atoms with Crippen molar-refractivity contribution in [1.29, 1.82) is 0 Å². The summed E-state index contributed by atoms with van der Waals surface area (Å²) >= 11 is 0. The Kier molecular flexibility index (Phi) is 3.04. The van der Waals surface area contributed by atoms with Gasteiger partial charge in [-0.3, -0.25) is 9.59 Å². The van der Waals surface area contributed by atoms with Gasteiger partial charge in [0.2, 0.25) is 0 Å². The van der Waals surface area contributed by atoms with Gasteiger partial charge in [-0.15, -0.1) is 0 Å². The van der Waals surface area contributed by atoms with Gasteiger partial charge in [-0.25, -0.2) is 0 Å². The maximum atomic E-state index is 12.0. The fraction of sp³-hybridized carbons (Fsp3) is 0.385. The number of hydrogen-bond donors (Lipinski definition) is 0. The summed E-state index contributed by atoms with van der Waals surface area (Å²) in [6.07, 6.45) is 1.33. The molecule has 1 atom stereocenters. The average molecular weight is 218 g/mol. The summed E-state index contributed by atoms with van der Waals surface area (Å²) in [5, 5.41) is 0. The van der Waals surface area contributed by atoms with Crippen molar-refractivity contribution in [2.75, 3.05) is 6.61 Å². The minimum atomic E-state index is -0.602. The first-order chi connectivity index (χ1) is 7.74. The first kappa shape index (κ1) is 10.9. The number of aryl methyl sites for hydroxylation is 1. The highest BCUT2D eigenvalue weighted by atomic mass is 16.5. The van der Waals surface area contributed by atoms with Gasteiger partial charge in [0.15, 0.2) is 5.78 Å². The first-order valence-corrected chi connectivity index (χ1v) is 5.52. The predicted octanol–water partition coefficient (Wildman–Crippen LogP) is 1.99. The van der Waals surface area contributed by atoms with Gasteiger partial charge in [-0.2, -0.15) is 0 Å². The summed E-state index contributed by atoms with van der Waals surface area (Å²) in [7, 11) is 0. The number of rotatable bonds is 2. The molecule has 0 amide bonds. The summed E-state index contributed by atoms with van der Waals surface area (Å²) in [6, 6.07) is 7.46. The smallest absolute Gasteiger partial charge is 0.316 e. The normalized spacial score (nSPS) is 19.1. The van der Waals surface area contributed by atoms with Gasteiger partial charge in [-0.05, 0) is 25.3 Å². The van der Waals surface area contributed by atoms with Crippen molar-refractivity contribution in [3.05, 3.63) is 35.4 Å². The Morgan fingerprint density at radius 2 is 2.19 bits per heavy atom. The number of fused-ring (bicyclic) bond motifs is 1. The molecule has 3 nitrogen and oxygen atoms in total. The molecule has 0 aromatic heterocycles. The second-order valence-electron chi connectivity index (χ2n) is 3.86. The van der Waals surface area contributed by atoms with E-state index in [4.69, 9.17) is 4.74 Å². The maximum Gasteiger partial charge on any atom is 0.316 e. The molecule has 1 unspecified atom stereocenters. The van der Waals surface area contributed by atoms with Gasteiger partial charge in [-0.1, -0.05) is 24.3 Å². The lowest BCUT2D eigenvalue weighted by Gasteiger charge is -2.21. The number of carbonyl (C=O) groups is 2. The summed E-state index contributed by atoms with van der Waals surface area (Å²) in [5.74, 6) is -1.09. The third-order valence-corrected chi connectivity index (χ3v) is 2.87. The van der Waals surface area contributed by atoms with Crippen LogP contribution in [-0.4, -0.2) is 18.4 Å². The van der Waals surface area contributed by atoms with E-state index in [1.165, 1.54) is 0 Å². The fourth-order valence-electron chi connectivity index (χ4n) is 2.07. The highest BCUT2D eigenvalue weighted by Crippen LogP contribution is 2.26. The zero-order valence-corrected chi connectivity index (χ0v) is 9.23. The van der Waals surface area contributed by atoms with Crippen molar-refractivity contribution in [3.8, 4) is 0 Å². The lowest BCUT2D eigenvalue weighted by molar-refractivity contribution is -0.146. The van der Waals surface area contributed by atoms with Crippen LogP contribution in [0.5, 0.6) is 0 Å². The van der Waals surface area contributed by atoms with Gasteiger partial charge < -0.3 is 4.74 Å². The molecule has 1 aliphatic rings. The van der Waals surface area contributed by atoms with Crippen LogP contribution >= 0.6 is 0 Å². The van der Waals surface area contributed by atoms with Crippen LogP contribution in [0.3, 0.4) is 0 Å². The molecule has 2 rings (SSSR count). The summed E-state index contributed by atoms with van der Waals surface area (Å²) < 4.78 is 4.91. The van der Waals surface area contributed by atoms with Gasteiger partial charge in [0, 0.05) is 5.56 Å². The fourth-order valence-corrected chi connectivity index (χ4v) is 2.07. The lowest BCUT2D eigenvalue weighted by Crippen LogP contribution is -2.30. The van der Waals surface area contributed by atoms with Crippen LogP contribution in [0.4, 0.5) is 0 Å². The van der Waals surface area contributed by atoms with Crippen LogP contribution in [-0.2, 0) is 16.0 Å². The Morgan fingerprint density at radius 3 is 2.94 bits per heavy atom. The molecule has 0 spiro atoms. The highest BCUT2D eigenvalue weighted by Gasteiger charge is 2.33. The number of carbonyl (C=O) groups excluding carboxylic acids is 2. The van der Waals surface area contributed by atoms with E-state index < -0.39 is 5.92 Å². The Morgan fingerprint density at radius 1 is 1.44 bits per heavy atom. The zero-order valence-electron chi connectivity index (χ0n) is 9.23. The number of Topliss-reactive ketones (excluding diaryl/α,β-unsaturated/α-hetero) is 1. The monoisotopic (exact) mass is 218 g/mol. The molecule has 0 N–H and O–H groups in total. The third-order valence-electron chi connectivity index (χ3n) is 2.87. The molecule has 16 heavy (non-hydrogen) atoms. The Hall–Kier alpha value is -1.64. The van der Waals surface area contributed by atoms with Gasteiger partial charge in [0.25, 0.3) is 0 Å². The van der Waals surface area contributed by atoms with E-state index in [9.17, 15) is 9.59 Å². The molecule has 1 aliphatic carbocycles. The topological polar surface area (TPSA) is 43.4 Å². The minimum absolute atomic E-state index is 0.0969. The SMILES string of the molecule is CCOC(=O)C1CCc2ccccc2C1=O. The molecule has 0 saturated heterocycles. The number of ketones is 1. The zero-order chi connectivity index (χ0) is 11.5. The van der Waals surface area contributed by atoms with Gasteiger partial charge in [0.05, 0.1) is 6.61 Å². The molecule has 0 bridgehead atoms. The predicted molar refractivity (Wildman–Crippen MR) is 59.2 cm³/mol.